The molecule has 0 bridgehead atoms. The van der Waals surface area contributed by atoms with Crippen molar-refractivity contribution in [3.63, 3.8) is 0 Å². The number of halogens is 2. The summed E-state index contributed by atoms with van der Waals surface area (Å²) in [5.74, 6) is 1.54. The number of pyridine rings is 1. The number of hydrogen-bond donors (Lipinski definition) is 3. The summed E-state index contributed by atoms with van der Waals surface area (Å²) in [6.45, 7) is 0. The molecule has 0 saturated carbocycles. The fraction of sp³-hybridized carbons (Fsp3) is 0.0588. The minimum absolute atomic E-state index is 0.368. The minimum Gasteiger partial charge on any atom is -0.388 e. The van der Waals surface area contributed by atoms with Crippen molar-refractivity contribution in [1.82, 2.24) is 19.9 Å². The van der Waals surface area contributed by atoms with Crippen molar-refractivity contribution in [3.05, 3.63) is 46.8 Å². The summed E-state index contributed by atoms with van der Waals surface area (Å²) in [5, 5.41) is 7.94. The van der Waals surface area contributed by atoms with Gasteiger partial charge in [0.1, 0.15) is 23.0 Å². The van der Waals surface area contributed by atoms with Gasteiger partial charge in [0.15, 0.2) is 5.82 Å². The van der Waals surface area contributed by atoms with Gasteiger partial charge in [0.05, 0.1) is 20.3 Å². The number of hydrogen-bond acceptors (Lipinski definition) is 8. The van der Waals surface area contributed by atoms with Crippen LogP contribution >= 0.6 is 34.5 Å². The van der Waals surface area contributed by atoms with E-state index in [0.29, 0.717) is 38.1 Å². The van der Waals surface area contributed by atoms with Gasteiger partial charge in [0, 0.05) is 30.6 Å². The fourth-order valence-corrected chi connectivity index (χ4v) is 4.39. The molecule has 0 aliphatic carbocycles. The third-order valence-electron chi connectivity index (χ3n) is 3.78. The maximum atomic E-state index is 6.44. The molecule has 0 aliphatic rings. The first-order valence-electron chi connectivity index (χ1n) is 7.82. The quantitative estimate of drug-likeness (QED) is 0.437. The lowest BCUT2D eigenvalue weighted by atomic mass is 10.2. The Kier molecular flexibility index (Phi) is 4.69. The number of rotatable bonds is 4. The summed E-state index contributed by atoms with van der Waals surface area (Å²) in [5.41, 5.74) is 8.01. The van der Waals surface area contributed by atoms with Crippen LogP contribution in [-0.2, 0) is 0 Å². The molecule has 10 heteroatoms. The van der Waals surface area contributed by atoms with Crippen molar-refractivity contribution < 1.29 is 0 Å². The average molecular weight is 418 g/mol. The first-order chi connectivity index (χ1) is 13.0. The predicted molar refractivity (Wildman–Crippen MR) is 112 cm³/mol. The van der Waals surface area contributed by atoms with Gasteiger partial charge < -0.3 is 16.4 Å². The largest absolute Gasteiger partial charge is 0.388 e. The maximum absolute atomic E-state index is 6.44. The monoisotopic (exact) mass is 417 g/mol. The molecule has 136 valence electrons. The van der Waals surface area contributed by atoms with Crippen LogP contribution in [0.1, 0.15) is 0 Å². The Morgan fingerprint density at radius 3 is 2.56 bits per heavy atom. The SMILES string of the molecule is CNc1cc(Cl)c(-c2nc3ccnc(Nc4cc(N)ncn4)c3s2)c(Cl)c1. The van der Waals surface area contributed by atoms with Gasteiger partial charge in [-0.05, 0) is 18.2 Å². The minimum atomic E-state index is 0.368. The number of thiazole rings is 1. The van der Waals surface area contributed by atoms with E-state index in [0.717, 1.165) is 15.9 Å². The van der Waals surface area contributed by atoms with Gasteiger partial charge in [-0.15, -0.1) is 11.3 Å². The number of nitrogen functional groups attached to an aromatic ring is 1. The molecule has 0 amide bonds. The van der Waals surface area contributed by atoms with Gasteiger partial charge in [0.2, 0.25) is 0 Å². The van der Waals surface area contributed by atoms with Crippen molar-refractivity contribution in [2.45, 2.75) is 0 Å². The summed E-state index contributed by atoms with van der Waals surface area (Å²) in [6.07, 6.45) is 3.06. The first kappa shape index (κ1) is 17.7. The summed E-state index contributed by atoms with van der Waals surface area (Å²) in [7, 11) is 1.81. The van der Waals surface area contributed by atoms with E-state index in [-0.39, 0.29) is 0 Å². The second kappa shape index (κ2) is 7.15. The lowest BCUT2D eigenvalue weighted by molar-refractivity contribution is 1.17. The van der Waals surface area contributed by atoms with Crippen molar-refractivity contribution >= 4 is 67.9 Å². The van der Waals surface area contributed by atoms with Crippen molar-refractivity contribution in [2.24, 2.45) is 0 Å². The van der Waals surface area contributed by atoms with Crippen LogP contribution in [0.4, 0.5) is 23.1 Å². The van der Waals surface area contributed by atoms with Crippen LogP contribution in [0.2, 0.25) is 10.0 Å². The van der Waals surface area contributed by atoms with Gasteiger partial charge >= 0.3 is 0 Å². The molecule has 0 unspecified atom stereocenters. The molecule has 3 aromatic heterocycles. The van der Waals surface area contributed by atoms with Crippen LogP contribution in [0, 0.1) is 0 Å². The van der Waals surface area contributed by atoms with Crippen LogP contribution in [0.25, 0.3) is 20.8 Å². The smallest absolute Gasteiger partial charge is 0.151 e. The van der Waals surface area contributed by atoms with E-state index in [2.05, 4.69) is 30.6 Å². The highest BCUT2D eigenvalue weighted by Gasteiger charge is 2.17. The molecule has 0 aliphatic heterocycles. The number of nitrogens with two attached hydrogens (primary N) is 1. The molecular weight excluding hydrogens is 405 g/mol. The third-order valence-corrected chi connectivity index (χ3v) is 5.48. The Bertz CT molecular complexity index is 1120. The third kappa shape index (κ3) is 3.46. The van der Waals surface area contributed by atoms with Gasteiger partial charge in [-0.2, -0.15) is 0 Å². The second-order valence-electron chi connectivity index (χ2n) is 5.54. The molecule has 4 rings (SSSR count). The van der Waals surface area contributed by atoms with E-state index < -0.39 is 0 Å². The Labute approximate surface area is 168 Å². The van der Waals surface area contributed by atoms with E-state index in [1.165, 1.54) is 17.7 Å². The summed E-state index contributed by atoms with van der Waals surface area (Å²) in [4.78, 5) is 17.1. The van der Waals surface area contributed by atoms with Crippen LogP contribution in [-0.4, -0.2) is 27.0 Å². The van der Waals surface area contributed by atoms with E-state index in [1.807, 2.05) is 25.2 Å². The van der Waals surface area contributed by atoms with Crippen molar-refractivity contribution in [2.75, 3.05) is 23.4 Å². The summed E-state index contributed by atoms with van der Waals surface area (Å²) < 4.78 is 0.856. The lowest BCUT2D eigenvalue weighted by Crippen LogP contribution is -1.98. The van der Waals surface area contributed by atoms with Crippen molar-refractivity contribution in [1.29, 1.82) is 0 Å². The normalized spacial score (nSPS) is 10.9. The molecule has 0 atom stereocenters. The molecular formula is C17H13Cl2N7S. The highest BCUT2D eigenvalue weighted by molar-refractivity contribution is 7.22. The number of fused-ring (bicyclic) bond motifs is 1. The topological polar surface area (TPSA) is 102 Å². The number of benzene rings is 1. The van der Waals surface area contributed by atoms with Crippen molar-refractivity contribution in [3.8, 4) is 10.6 Å². The lowest BCUT2D eigenvalue weighted by Gasteiger charge is -2.07. The first-order valence-corrected chi connectivity index (χ1v) is 9.39. The Morgan fingerprint density at radius 1 is 1.07 bits per heavy atom. The molecule has 4 N–H and O–H groups in total. The summed E-state index contributed by atoms with van der Waals surface area (Å²) in [6, 6.07) is 7.09. The van der Waals surface area contributed by atoms with Crippen LogP contribution in [0.15, 0.2) is 36.8 Å². The van der Waals surface area contributed by atoms with Gasteiger partial charge in [-0.1, -0.05) is 23.2 Å². The maximum Gasteiger partial charge on any atom is 0.151 e. The molecule has 4 aromatic rings. The Balaban J connectivity index is 1.80. The van der Waals surface area contributed by atoms with Crippen LogP contribution < -0.4 is 16.4 Å². The number of anilines is 4. The Hall–Kier alpha value is -2.68. The second-order valence-corrected chi connectivity index (χ2v) is 7.36. The molecule has 7 nitrogen and oxygen atoms in total. The highest BCUT2D eigenvalue weighted by Crippen LogP contribution is 2.42. The predicted octanol–water partition coefficient (Wildman–Crippen LogP) is 4.82. The van der Waals surface area contributed by atoms with Crippen LogP contribution in [0.5, 0.6) is 0 Å². The molecule has 1 aromatic carbocycles. The fourth-order valence-electron chi connectivity index (χ4n) is 2.54. The van der Waals surface area contributed by atoms with Crippen LogP contribution in [0.3, 0.4) is 0 Å². The number of nitrogens with one attached hydrogen (secondary N) is 2. The summed E-state index contributed by atoms with van der Waals surface area (Å²) >= 11 is 14.3. The Morgan fingerprint density at radius 2 is 1.85 bits per heavy atom. The van der Waals surface area contributed by atoms with E-state index in [4.69, 9.17) is 28.9 Å². The van der Waals surface area contributed by atoms with Gasteiger partial charge in [0.25, 0.3) is 0 Å². The zero-order chi connectivity index (χ0) is 19.0. The highest BCUT2D eigenvalue weighted by atomic mass is 35.5. The molecule has 0 spiro atoms. The molecule has 0 saturated heterocycles. The standard InChI is InChI=1S/C17H13Cl2N7S/c1-21-8-4-9(18)14(10(19)5-8)17-25-11-2-3-22-16(15(11)27-17)26-13-6-12(20)23-7-24-13/h2-7,21H,1H3,(H3,20,22,23,24,26). The molecule has 3 heterocycles. The zero-order valence-corrected chi connectivity index (χ0v) is 16.3. The van der Waals surface area contributed by atoms with E-state index >= 15 is 0 Å². The van der Waals surface area contributed by atoms with E-state index in [1.54, 1.807) is 12.3 Å². The van der Waals surface area contributed by atoms with Gasteiger partial charge in [-0.3, -0.25) is 0 Å². The average Bonchev–Trinajstić information content (AvgIpc) is 3.05. The molecule has 27 heavy (non-hydrogen) atoms. The number of nitrogens with zero attached hydrogens (tertiary/aromatic N) is 4. The van der Waals surface area contributed by atoms with Gasteiger partial charge in [-0.25, -0.2) is 19.9 Å². The van der Waals surface area contributed by atoms with E-state index in [9.17, 15) is 0 Å². The molecule has 0 fully saturated rings. The number of aromatic nitrogens is 4. The zero-order valence-electron chi connectivity index (χ0n) is 14.0. The molecule has 0 radical (unpaired) electrons.